The van der Waals surface area contributed by atoms with Crippen molar-refractivity contribution in [1.82, 2.24) is 0 Å². The molecule has 3 rings (SSSR count). The summed E-state index contributed by atoms with van der Waals surface area (Å²) in [6, 6.07) is 12.2. The monoisotopic (exact) mass is 369 g/mol. The number of hydrogen-bond donors (Lipinski definition) is 1. The molecule has 0 fully saturated rings. The number of hydrogen-bond acceptors (Lipinski definition) is 6. The van der Waals surface area contributed by atoms with Gasteiger partial charge in [0.25, 0.3) is 5.91 Å². The SMILES string of the molecule is COc1cccc(/C=C/C(=O)O[C@H](C)C(=O)Nc2ccc3c(c2)OCO3)c1. The molecule has 0 radical (unpaired) electrons. The fourth-order valence-electron chi connectivity index (χ4n) is 2.39. The first kappa shape index (κ1) is 18.3. The highest BCUT2D eigenvalue weighted by Crippen LogP contribution is 2.34. The van der Waals surface area contributed by atoms with Crippen LogP contribution in [0.3, 0.4) is 0 Å². The molecular weight excluding hydrogens is 350 g/mol. The molecular formula is C20H19NO6. The summed E-state index contributed by atoms with van der Waals surface area (Å²) in [5.41, 5.74) is 1.31. The van der Waals surface area contributed by atoms with E-state index < -0.39 is 18.0 Å². The van der Waals surface area contributed by atoms with Gasteiger partial charge in [-0.3, -0.25) is 4.79 Å². The van der Waals surface area contributed by atoms with Crippen LogP contribution >= 0.6 is 0 Å². The number of anilines is 1. The summed E-state index contributed by atoms with van der Waals surface area (Å²) in [5, 5.41) is 2.67. The molecule has 0 aliphatic carbocycles. The number of methoxy groups -OCH3 is 1. The quantitative estimate of drug-likeness (QED) is 0.623. The van der Waals surface area contributed by atoms with E-state index in [4.69, 9.17) is 18.9 Å². The van der Waals surface area contributed by atoms with Gasteiger partial charge in [0.15, 0.2) is 17.6 Å². The molecule has 1 heterocycles. The highest BCUT2D eigenvalue weighted by Gasteiger charge is 2.19. The summed E-state index contributed by atoms with van der Waals surface area (Å²) < 4.78 is 20.7. The Morgan fingerprint density at radius 1 is 1.15 bits per heavy atom. The summed E-state index contributed by atoms with van der Waals surface area (Å²) in [5.74, 6) is 0.791. The minimum atomic E-state index is -0.960. The molecule has 27 heavy (non-hydrogen) atoms. The number of carbonyl (C=O) groups is 2. The van der Waals surface area contributed by atoms with E-state index in [1.807, 2.05) is 12.1 Å². The van der Waals surface area contributed by atoms with Crippen LogP contribution in [0.4, 0.5) is 5.69 Å². The van der Waals surface area contributed by atoms with Gasteiger partial charge in [-0.05, 0) is 42.8 Å². The molecule has 0 saturated heterocycles. The van der Waals surface area contributed by atoms with E-state index in [-0.39, 0.29) is 6.79 Å². The molecule has 1 amide bonds. The number of fused-ring (bicyclic) bond motifs is 1. The Labute approximate surface area is 156 Å². The zero-order valence-corrected chi connectivity index (χ0v) is 14.9. The van der Waals surface area contributed by atoms with Crippen molar-refractivity contribution in [2.24, 2.45) is 0 Å². The Morgan fingerprint density at radius 2 is 1.96 bits per heavy atom. The summed E-state index contributed by atoms with van der Waals surface area (Å²) in [6.45, 7) is 1.65. The Hall–Kier alpha value is -3.48. The molecule has 2 aromatic rings. The van der Waals surface area contributed by atoms with Crippen LogP contribution in [-0.2, 0) is 14.3 Å². The van der Waals surface area contributed by atoms with Crippen LogP contribution in [0.2, 0.25) is 0 Å². The van der Waals surface area contributed by atoms with Crippen molar-refractivity contribution in [3.05, 3.63) is 54.1 Å². The van der Waals surface area contributed by atoms with Crippen molar-refractivity contribution in [2.45, 2.75) is 13.0 Å². The largest absolute Gasteiger partial charge is 0.497 e. The molecule has 0 aromatic heterocycles. The second-order valence-electron chi connectivity index (χ2n) is 5.75. The number of amides is 1. The number of carbonyl (C=O) groups excluding carboxylic acids is 2. The van der Waals surface area contributed by atoms with E-state index in [2.05, 4.69) is 5.32 Å². The first-order valence-electron chi connectivity index (χ1n) is 8.28. The number of rotatable bonds is 6. The summed E-state index contributed by atoms with van der Waals surface area (Å²) in [7, 11) is 1.57. The lowest BCUT2D eigenvalue weighted by Crippen LogP contribution is -2.29. The van der Waals surface area contributed by atoms with E-state index in [9.17, 15) is 9.59 Å². The Kier molecular flexibility index (Phi) is 5.61. The van der Waals surface area contributed by atoms with Gasteiger partial charge in [0.05, 0.1) is 7.11 Å². The van der Waals surface area contributed by atoms with Crippen molar-refractivity contribution in [3.8, 4) is 17.2 Å². The predicted molar refractivity (Wildman–Crippen MR) is 98.8 cm³/mol. The van der Waals surface area contributed by atoms with Crippen LogP contribution in [0.5, 0.6) is 17.2 Å². The minimum absolute atomic E-state index is 0.153. The third kappa shape index (κ3) is 4.78. The Balaban J connectivity index is 1.54. The van der Waals surface area contributed by atoms with Crippen molar-refractivity contribution in [2.75, 3.05) is 19.2 Å². The molecule has 0 bridgehead atoms. The molecule has 2 aromatic carbocycles. The van der Waals surface area contributed by atoms with Gasteiger partial charge in [0.1, 0.15) is 5.75 Å². The maximum Gasteiger partial charge on any atom is 0.331 e. The first-order valence-corrected chi connectivity index (χ1v) is 8.28. The van der Waals surface area contributed by atoms with Crippen LogP contribution < -0.4 is 19.5 Å². The second kappa shape index (κ2) is 8.27. The molecule has 0 spiro atoms. The predicted octanol–water partition coefficient (Wildman–Crippen LogP) is 3.01. The van der Waals surface area contributed by atoms with Crippen LogP contribution in [0.15, 0.2) is 48.5 Å². The third-order valence-electron chi connectivity index (χ3n) is 3.81. The van der Waals surface area contributed by atoms with Crippen LogP contribution in [0.25, 0.3) is 6.08 Å². The third-order valence-corrected chi connectivity index (χ3v) is 3.81. The van der Waals surface area contributed by atoms with E-state index in [1.54, 1.807) is 43.5 Å². The lowest BCUT2D eigenvalue weighted by atomic mass is 10.2. The average molecular weight is 369 g/mol. The average Bonchev–Trinajstić information content (AvgIpc) is 3.14. The summed E-state index contributed by atoms with van der Waals surface area (Å²) in [6.07, 6.45) is 1.89. The normalized spacial score (nSPS) is 13.3. The van der Waals surface area contributed by atoms with Crippen LogP contribution in [0, 0.1) is 0 Å². The molecule has 0 unspecified atom stereocenters. The molecule has 1 atom stereocenters. The lowest BCUT2D eigenvalue weighted by Gasteiger charge is -2.12. The van der Waals surface area contributed by atoms with Gasteiger partial charge in [-0.25, -0.2) is 4.79 Å². The van der Waals surface area contributed by atoms with Crippen molar-refractivity contribution >= 4 is 23.6 Å². The molecule has 140 valence electrons. The van der Waals surface area contributed by atoms with Gasteiger partial charge in [0, 0.05) is 17.8 Å². The minimum Gasteiger partial charge on any atom is -0.497 e. The molecule has 7 heteroatoms. The molecule has 1 aliphatic heterocycles. The maximum absolute atomic E-state index is 12.2. The molecule has 1 N–H and O–H groups in total. The van der Waals surface area contributed by atoms with Gasteiger partial charge in [0.2, 0.25) is 6.79 Å². The van der Waals surface area contributed by atoms with Gasteiger partial charge in [-0.1, -0.05) is 12.1 Å². The van der Waals surface area contributed by atoms with Gasteiger partial charge in [-0.15, -0.1) is 0 Å². The first-order chi connectivity index (χ1) is 13.0. The molecule has 1 aliphatic rings. The summed E-state index contributed by atoms with van der Waals surface area (Å²) in [4.78, 5) is 24.1. The zero-order chi connectivity index (χ0) is 19.2. The standard InChI is InChI=1S/C20H19NO6/c1-13(20(23)21-15-7-8-17-18(11-15)26-12-25-17)27-19(22)9-6-14-4-3-5-16(10-14)24-2/h3-11,13H,12H2,1-2H3,(H,21,23)/b9-6+/t13-/m1/s1. The number of esters is 1. The van der Waals surface area contributed by atoms with Crippen molar-refractivity contribution < 1.29 is 28.5 Å². The van der Waals surface area contributed by atoms with Crippen LogP contribution in [-0.4, -0.2) is 31.9 Å². The highest BCUT2D eigenvalue weighted by molar-refractivity contribution is 5.96. The molecule has 0 saturated carbocycles. The van der Waals surface area contributed by atoms with Gasteiger partial charge >= 0.3 is 5.97 Å². The van der Waals surface area contributed by atoms with Crippen molar-refractivity contribution in [3.63, 3.8) is 0 Å². The van der Waals surface area contributed by atoms with Gasteiger partial charge in [-0.2, -0.15) is 0 Å². The lowest BCUT2D eigenvalue weighted by molar-refractivity contribution is -0.148. The Morgan fingerprint density at radius 3 is 2.78 bits per heavy atom. The number of benzene rings is 2. The number of nitrogens with one attached hydrogen (secondary N) is 1. The van der Waals surface area contributed by atoms with E-state index in [0.717, 1.165) is 5.56 Å². The number of ether oxygens (including phenoxy) is 4. The van der Waals surface area contributed by atoms with E-state index >= 15 is 0 Å². The smallest absolute Gasteiger partial charge is 0.331 e. The maximum atomic E-state index is 12.2. The topological polar surface area (TPSA) is 83.1 Å². The fraction of sp³-hybridized carbons (Fsp3) is 0.200. The van der Waals surface area contributed by atoms with E-state index in [1.165, 1.54) is 13.0 Å². The van der Waals surface area contributed by atoms with Crippen LogP contribution in [0.1, 0.15) is 12.5 Å². The second-order valence-corrected chi connectivity index (χ2v) is 5.75. The molecule has 7 nitrogen and oxygen atoms in total. The zero-order valence-electron chi connectivity index (χ0n) is 14.9. The Bertz CT molecular complexity index is 877. The van der Waals surface area contributed by atoms with Gasteiger partial charge < -0.3 is 24.3 Å². The van der Waals surface area contributed by atoms with E-state index in [0.29, 0.717) is 22.9 Å². The fourth-order valence-corrected chi connectivity index (χ4v) is 2.39. The summed E-state index contributed by atoms with van der Waals surface area (Å²) >= 11 is 0. The highest BCUT2D eigenvalue weighted by atomic mass is 16.7. The van der Waals surface area contributed by atoms with Crippen molar-refractivity contribution in [1.29, 1.82) is 0 Å².